The third-order valence-corrected chi connectivity index (χ3v) is 10.3. The average molecular weight is 789 g/mol. The highest BCUT2D eigenvalue weighted by atomic mass is 31.2. The highest BCUT2D eigenvalue weighted by Gasteiger charge is 2.27. The Bertz CT molecular complexity index is 957. The van der Waals surface area contributed by atoms with Crippen LogP contribution in [-0.2, 0) is 32.7 Å². The molecule has 0 radical (unpaired) electrons. The molecule has 0 aromatic heterocycles. The molecule has 3 N–H and O–H groups in total. The summed E-state index contributed by atoms with van der Waals surface area (Å²) in [5.41, 5.74) is 0. The largest absolute Gasteiger partial charge is 0.472 e. The summed E-state index contributed by atoms with van der Waals surface area (Å²) in [6.07, 6.45) is 38.5. The molecule has 0 aromatic rings. The molecule has 0 aliphatic carbocycles. The molecule has 1 unspecified atom stereocenters. The molecular formula is C43H81O10P. The minimum Gasteiger partial charge on any atom is -0.462 e. The number of allylic oxidation sites excluding steroid dienone is 4. The summed E-state index contributed by atoms with van der Waals surface area (Å²) in [5, 5.41) is 18.3. The quantitative estimate of drug-likeness (QED) is 0.0236. The molecular weight excluding hydrogens is 707 g/mol. The smallest absolute Gasteiger partial charge is 0.462 e. The zero-order chi connectivity index (χ0) is 39.8. The SMILES string of the molecule is CCCCC/C=C\C/C=C\CCCCCCCC(=O)OC[C@H](COP(=O)(O)OC[C@@H](O)CO)OC(=O)CCCCCCCCCCCCCCCCCC. The van der Waals surface area contributed by atoms with Gasteiger partial charge in [0.1, 0.15) is 12.7 Å². The lowest BCUT2D eigenvalue weighted by Crippen LogP contribution is -2.29. The molecule has 0 saturated carbocycles. The van der Waals surface area contributed by atoms with Crippen LogP contribution in [0.5, 0.6) is 0 Å². The lowest BCUT2D eigenvalue weighted by Gasteiger charge is -2.20. The third-order valence-electron chi connectivity index (χ3n) is 9.36. The van der Waals surface area contributed by atoms with Crippen LogP contribution in [0.3, 0.4) is 0 Å². The van der Waals surface area contributed by atoms with Crippen LogP contribution in [0.15, 0.2) is 24.3 Å². The molecule has 0 spiro atoms. The Labute approximate surface area is 329 Å². The molecule has 3 atom stereocenters. The molecule has 10 nitrogen and oxygen atoms in total. The summed E-state index contributed by atoms with van der Waals surface area (Å²) < 4.78 is 32.7. The van der Waals surface area contributed by atoms with Crippen molar-refractivity contribution in [2.45, 2.75) is 212 Å². The van der Waals surface area contributed by atoms with Gasteiger partial charge < -0.3 is 24.6 Å². The Kier molecular flexibility index (Phi) is 38.5. The van der Waals surface area contributed by atoms with E-state index in [9.17, 15) is 24.2 Å². The molecule has 0 heterocycles. The Morgan fingerprint density at radius 2 is 0.963 bits per heavy atom. The van der Waals surface area contributed by atoms with Gasteiger partial charge in [0.05, 0.1) is 19.8 Å². The number of hydrogen-bond donors (Lipinski definition) is 3. The first-order valence-corrected chi connectivity index (χ1v) is 23.3. The molecule has 0 aliphatic rings. The minimum absolute atomic E-state index is 0.185. The molecule has 318 valence electrons. The summed E-state index contributed by atoms with van der Waals surface area (Å²) in [5.74, 6) is -0.933. The van der Waals surface area contributed by atoms with Crippen molar-refractivity contribution in [2.75, 3.05) is 26.4 Å². The van der Waals surface area contributed by atoms with E-state index in [0.717, 1.165) is 57.8 Å². The van der Waals surface area contributed by atoms with Crippen molar-refractivity contribution < 1.29 is 47.8 Å². The van der Waals surface area contributed by atoms with E-state index in [1.165, 1.54) is 103 Å². The van der Waals surface area contributed by atoms with Crippen LogP contribution in [0.2, 0.25) is 0 Å². The van der Waals surface area contributed by atoms with Gasteiger partial charge in [0, 0.05) is 12.8 Å². The van der Waals surface area contributed by atoms with E-state index in [0.29, 0.717) is 12.8 Å². The number of aliphatic hydroxyl groups is 2. The van der Waals surface area contributed by atoms with Gasteiger partial charge in [0.25, 0.3) is 0 Å². The van der Waals surface area contributed by atoms with Crippen molar-refractivity contribution in [1.82, 2.24) is 0 Å². The normalized spacial score (nSPS) is 14.1. The molecule has 0 amide bonds. The number of phosphoric ester groups is 1. The first kappa shape index (κ1) is 52.5. The van der Waals surface area contributed by atoms with E-state index < -0.39 is 51.8 Å². The van der Waals surface area contributed by atoms with Crippen LogP contribution in [0.4, 0.5) is 0 Å². The minimum atomic E-state index is -4.62. The summed E-state index contributed by atoms with van der Waals surface area (Å²) in [4.78, 5) is 35.0. The van der Waals surface area contributed by atoms with E-state index in [1.807, 2.05) is 0 Å². The predicted molar refractivity (Wildman–Crippen MR) is 219 cm³/mol. The van der Waals surface area contributed by atoms with Crippen molar-refractivity contribution in [2.24, 2.45) is 0 Å². The summed E-state index contributed by atoms with van der Waals surface area (Å²) in [7, 11) is -4.62. The van der Waals surface area contributed by atoms with E-state index >= 15 is 0 Å². The zero-order valence-electron chi connectivity index (χ0n) is 34.4. The maximum atomic E-state index is 12.6. The third kappa shape index (κ3) is 38.7. The van der Waals surface area contributed by atoms with Crippen molar-refractivity contribution >= 4 is 19.8 Å². The molecule has 54 heavy (non-hydrogen) atoms. The number of esters is 2. The Morgan fingerprint density at radius 1 is 0.556 bits per heavy atom. The van der Waals surface area contributed by atoms with Crippen LogP contribution in [0.25, 0.3) is 0 Å². The standard InChI is InChI=1S/C43H81O10P/c1-3-5-7-9-11-13-15-17-19-21-23-25-27-29-31-33-35-43(47)53-41(39-52-54(48,49)51-37-40(45)36-44)38-50-42(46)34-32-30-28-26-24-22-20-18-16-14-12-10-8-6-4-2/h12,14,18,20,40-41,44-45H,3-11,13,15-17,19,21-39H2,1-2H3,(H,48,49)/b14-12-,20-18-/t40-,41+/m0/s1. The summed E-state index contributed by atoms with van der Waals surface area (Å²) in [6.45, 7) is 2.36. The van der Waals surface area contributed by atoms with Gasteiger partial charge in [0.15, 0.2) is 6.10 Å². The van der Waals surface area contributed by atoms with E-state index in [-0.39, 0.29) is 19.4 Å². The maximum absolute atomic E-state index is 12.6. The number of unbranched alkanes of at least 4 members (excludes halogenated alkanes) is 23. The Morgan fingerprint density at radius 3 is 1.46 bits per heavy atom. The van der Waals surface area contributed by atoms with Crippen molar-refractivity contribution in [3.05, 3.63) is 24.3 Å². The number of ether oxygens (including phenoxy) is 2. The maximum Gasteiger partial charge on any atom is 0.472 e. The topological polar surface area (TPSA) is 149 Å². The van der Waals surface area contributed by atoms with Gasteiger partial charge in [-0.25, -0.2) is 4.57 Å². The first-order valence-electron chi connectivity index (χ1n) is 21.8. The van der Waals surface area contributed by atoms with Crippen LogP contribution in [0, 0.1) is 0 Å². The molecule has 11 heteroatoms. The van der Waals surface area contributed by atoms with Crippen LogP contribution in [0.1, 0.15) is 200 Å². The Hall–Kier alpha value is -1.55. The highest BCUT2D eigenvalue weighted by molar-refractivity contribution is 7.47. The number of phosphoric acid groups is 1. The van der Waals surface area contributed by atoms with Gasteiger partial charge >= 0.3 is 19.8 Å². The number of carbonyl (C=O) groups is 2. The van der Waals surface area contributed by atoms with Gasteiger partial charge in [-0.15, -0.1) is 0 Å². The van der Waals surface area contributed by atoms with Crippen LogP contribution < -0.4 is 0 Å². The fraction of sp³-hybridized carbons (Fsp3) is 0.860. The van der Waals surface area contributed by atoms with Crippen molar-refractivity contribution in [3.63, 3.8) is 0 Å². The van der Waals surface area contributed by atoms with Gasteiger partial charge in [-0.1, -0.05) is 167 Å². The Balaban J connectivity index is 4.29. The number of aliphatic hydroxyl groups excluding tert-OH is 2. The second-order valence-corrected chi connectivity index (χ2v) is 16.2. The second kappa shape index (κ2) is 39.7. The number of hydrogen-bond acceptors (Lipinski definition) is 9. The van der Waals surface area contributed by atoms with E-state index in [1.54, 1.807) is 0 Å². The highest BCUT2D eigenvalue weighted by Crippen LogP contribution is 2.43. The second-order valence-electron chi connectivity index (χ2n) is 14.7. The lowest BCUT2D eigenvalue weighted by molar-refractivity contribution is -0.161. The van der Waals surface area contributed by atoms with Crippen molar-refractivity contribution in [1.29, 1.82) is 0 Å². The molecule has 0 bridgehead atoms. The zero-order valence-corrected chi connectivity index (χ0v) is 35.3. The molecule has 0 aromatic carbocycles. The van der Waals surface area contributed by atoms with Gasteiger partial charge in [-0.05, 0) is 44.9 Å². The average Bonchev–Trinajstić information content (AvgIpc) is 3.16. The van der Waals surface area contributed by atoms with Crippen LogP contribution >= 0.6 is 7.82 Å². The lowest BCUT2D eigenvalue weighted by atomic mass is 10.0. The first-order chi connectivity index (χ1) is 26.2. The molecule has 0 fully saturated rings. The predicted octanol–water partition coefficient (Wildman–Crippen LogP) is 11.4. The van der Waals surface area contributed by atoms with Gasteiger partial charge in [-0.2, -0.15) is 0 Å². The molecule has 0 rings (SSSR count). The fourth-order valence-corrected chi connectivity index (χ4v) is 6.75. The van der Waals surface area contributed by atoms with E-state index in [4.69, 9.17) is 19.1 Å². The van der Waals surface area contributed by atoms with E-state index in [2.05, 4.69) is 42.7 Å². The number of rotatable bonds is 41. The van der Waals surface area contributed by atoms with Gasteiger partial charge in [-0.3, -0.25) is 18.6 Å². The van der Waals surface area contributed by atoms with Gasteiger partial charge in [0.2, 0.25) is 0 Å². The fourth-order valence-electron chi connectivity index (χ4n) is 5.96. The summed E-state index contributed by atoms with van der Waals surface area (Å²) in [6, 6.07) is 0. The monoisotopic (exact) mass is 789 g/mol. The van der Waals surface area contributed by atoms with Crippen LogP contribution in [-0.4, -0.2) is 65.7 Å². The molecule has 0 aliphatic heterocycles. The molecule has 0 saturated heterocycles. The number of carbonyl (C=O) groups excluding carboxylic acids is 2. The summed E-state index contributed by atoms with van der Waals surface area (Å²) >= 11 is 0. The van der Waals surface area contributed by atoms with Crippen molar-refractivity contribution in [3.8, 4) is 0 Å².